The molecule has 5 nitrogen and oxygen atoms in total. The summed E-state index contributed by atoms with van der Waals surface area (Å²) in [6, 6.07) is 0. The van der Waals surface area contributed by atoms with E-state index in [9.17, 15) is 9.59 Å². The van der Waals surface area contributed by atoms with Gasteiger partial charge in [-0.2, -0.15) is 0 Å². The summed E-state index contributed by atoms with van der Waals surface area (Å²) in [5, 5.41) is 25.2. The van der Waals surface area contributed by atoms with E-state index in [0.29, 0.717) is 31.3 Å². The van der Waals surface area contributed by atoms with E-state index in [1.54, 1.807) is 0 Å². The van der Waals surface area contributed by atoms with Crippen LogP contribution in [0.4, 0.5) is 0 Å². The van der Waals surface area contributed by atoms with Crippen molar-refractivity contribution in [3.05, 3.63) is 34.9 Å². The number of aliphatic carboxylic acids is 2. The molecular weight excluding hydrogens is 380 g/mol. The fourth-order valence-electron chi connectivity index (χ4n) is 2.26. The molecule has 0 rings (SSSR count). The summed E-state index contributed by atoms with van der Waals surface area (Å²) in [6.45, 7) is 16.8. The number of allylic oxidation sites excluding steroid dienone is 6. The lowest BCUT2D eigenvalue weighted by Crippen LogP contribution is -2.06. The zero-order valence-corrected chi connectivity index (χ0v) is 20.5. The van der Waals surface area contributed by atoms with Crippen molar-refractivity contribution in [2.24, 2.45) is 11.8 Å². The van der Waals surface area contributed by atoms with Gasteiger partial charge in [0.05, 0.1) is 0 Å². The number of carboxylic acids is 2. The van der Waals surface area contributed by atoms with Crippen LogP contribution in [-0.4, -0.2) is 33.9 Å². The first kappa shape index (κ1) is 32.8. The molecule has 0 saturated heterocycles. The minimum absolute atomic E-state index is 0.241. The maximum atomic E-state index is 9.95. The first-order valence-corrected chi connectivity index (χ1v) is 10.8. The second-order valence-corrected chi connectivity index (χ2v) is 8.57. The molecular formula is C25H46O5. The predicted octanol–water partition coefficient (Wildman–Crippen LogP) is 6.63. The van der Waals surface area contributed by atoms with Gasteiger partial charge in [0.2, 0.25) is 0 Å². The van der Waals surface area contributed by atoms with Crippen molar-refractivity contribution >= 4 is 11.9 Å². The zero-order valence-electron chi connectivity index (χ0n) is 20.5. The summed E-state index contributed by atoms with van der Waals surface area (Å²) in [6.07, 6.45) is 10.2. The molecule has 0 spiro atoms. The molecule has 5 heteroatoms. The zero-order chi connectivity index (χ0) is 24.1. The monoisotopic (exact) mass is 426 g/mol. The van der Waals surface area contributed by atoms with Crippen molar-refractivity contribution in [2.75, 3.05) is 6.61 Å². The van der Waals surface area contributed by atoms with Crippen LogP contribution in [0.15, 0.2) is 34.9 Å². The van der Waals surface area contributed by atoms with Crippen LogP contribution in [-0.2, 0) is 9.59 Å². The molecule has 0 aromatic rings. The lowest BCUT2D eigenvalue weighted by atomic mass is 9.95. The number of aliphatic hydroxyl groups is 1. The van der Waals surface area contributed by atoms with E-state index in [1.165, 1.54) is 16.7 Å². The number of rotatable bonds is 11. The lowest BCUT2D eigenvalue weighted by molar-refractivity contribution is -0.137. The van der Waals surface area contributed by atoms with Gasteiger partial charge in [0.25, 0.3) is 0 Å². The predicted molar refractivity (Wildman–Crippen MR) is 127 cm³/mol. The molecule has 0 aromatic heterocycles. The number of carbonyl (C=O) groups is 2. The Hall–Kier alpha value is -1.88. The molecule has 0 aliphatic heterocycles. The number of hydrogen-bond acceptors (Lipinski definition) is 3. The van der Waals surface area contributed by atoms with Gasteiger partial charge in [-0.3, -0.25) is 9.59 Å². The van der Waals surface area contributed by atoms with Crippen LogP contribution in [0.5, 0.6) is 0 Å². The molecule has 0 amide bonds. The molecule has 30 heavy (non-hydrogen) atoms. The van der Waals surface area contributed by atoms with Gasteiger partial charge in [0.1, 0.15) is 0 Å². The van der Waals surface area contributed by atoms with Crippen LogP contribution in [0.2, 0.25) is 0 Å². The summed E-state index contributed by atoms with van der Waals surface area (Å²) in [4.78, 5) is 19.9. The van der Waals surface area contributed by atoms with E-state index in [2.05, 4.69) is 33.8 Å². The van der Waals surface area contributed by atoms with Crippen LogP contribution >= 0.6 is 0 Å². The maximum absolute atomic E-state index is 9.95. The SMILES string of the molecule is CC(C)=CCC(C)CC(C)CO.CC(C)=CCCC(=O)O.CC(C)=CCCC(=O)O. The maximum Gasteiger partial charge on any atom is 0.303 e. The minimum Gasteiger partial charge on any atom is -0.481 e. The first-order valence-electron chi connectivity index (χ1n) is 10.8. The smallest absolute Gasteiger partial charge is 0.303 e. The second-order valence-electron chi connectivity index (χ2n) is 8.57. The van der Waals surface area contributed by atoms with Gasteiger partial charge in [0.15, 0.2) is 0 Å². The highest BCUT2D eigenvalue weighted by molar-refractivity contribution is 5.67. The quantitative estimate of drug-likeness (QED) is 0.322. The highest BCUT2D eigenvalue weighted by Crippen LogP contribution is 2.15. The molecule has 3 N–H and O–H groups in total. The Balaban J connectivity index is -0.000000371. The Morgan fingerprint density at radius 2 is 1.07 bits per heavy atom. The van der Waals surface area contributed by atoms with Crippen LogP contribution in [0.1, 0.15) is 93.9 Å². The first-order chi connectivity index (χ1) is 13.8. The molecule has 0 fully saturated rings. The van der Waals surface area contributed by atoms with E-state index in [1.807, 2.05) is 39.8 Å². The van der Waals surface area contributed by atoms with Gasteiger partial charge in [0, 0.05) is 19.4 Å². The minimum atomic E-state index is -0.729. The Labute approximate surface area is 184 Å². The number of aliphatic hydroxyl groups excluding tert-OH is 1. The largest absolute Gasteiger partial charge is 0.481 e. The molecule has 0 aliphatic rings. The van der Waals surface area contributed by atoms with Gasteiger partial charge >= 0.3 is 11.9 Å². The van der Waals surface area contributed by atoms with E-state index >= 15 is 0 Å². The van der Waals surface area contributed by atoms with E-state index in [-0.39, 0.29) is 12.8 Å². The molecule has 0 bridgehead atoms. The Kier molecular flexibility index (Phi) is 23.8. The molecule has 0 aromatic carbocycles. The molecule has 176 valence electrons. The summed E-state index contributed by atoms with van der Waals surface area (Å²) in [5.74, 6) is -0.312. The van der Waals surface area contributed by atoms with Crippen LogP contribution in [0, 0.1) is 11.8 Å². The van der Waals surface area contributed by atoms with Gasteiger partial charge in [-0.15, -0.1) is 0 Å². The fraction of sp³-hybridized carbons (Fsp3) is 0.680. The topological polar surface area (TPSA) is 94.8 Å². The van der Waals surface area contributed by atoms with Crippen molar-refractivity contribution in [2.45, 2.75) is 93.9 Å². The van der Waals surface area contributed by atoms with E-state index in [4.69, 9.17) is 15.3 Å². The average molecular weight is 427 g/mol. The van der Waals surface area contributed by atoms with Crippen molar-refractivity contribution in [1.82, 2.24) is 0 Å². The number of carboxylic acid groups (broad SMARTS) is 2. The fourth-order valence-corrected chi connectivity index (χ4v) is 2.26. The van der Waals surface area contributed by atoms with Crippen LogP contribution in [0.25, 0.3) is 0 Å². The van der Waals surface area contributed by atoms with Crippen molar-refractivity contribution in [3.63, 3.8) is 0 Å². The van der Waals surface area contributed by atoms with Crippen molar-refractivity contribution in [1.29, 1.82) is 0 Å². The number of hydrogen-bond donors (Lipinski definition) is 3. The summed E-state index contributed by atoms with van der Waals surface area (Å²) in [5.41, 5.74) is 3.74. The summed E-state index contributed by atoms with van der Waals surface area (Å²) in [7, 11) is 0. The normalized spacial score (nSPS) is 11.4. The van der Waals surface area contributed by atoms with Crippen LogP contribution in [0.3, 0.4) is 0 Å². The van der Waals surface area contributed by atoms with E-state index in [0.717, 1.165) is 12.8 Å². The lowest BCUT2D eigenvalue weighted by Gasteiger charge is -2.13. The van der Waals surface area contributed by atoms with Gasteiger partial charge in [-0.25, -0.2) is 0 Å². The third kappa shape index (κ3) is 37.0. The summed E-state index contributed by atoms with van der Waals surface area (Å²) >= 11 is 0. The standard InChI is InChI=1S/C11H22O.2C7H12O2/c1-9(2)5-6-10(3)7-11(4)8-12;2*1-6(2)4-3-5-7(8)9/h5,10-12H,6-8H2,1-4H3;2*4H,3,5H2,1-2H3,(H,8,9). The highest BCUT2D eigenvalue weighted by Gasteiger charge is 2.05. The van der Waals surface area contributed by atoms with Crippen molar-refractivity contribution in [3.8, 4) is 0 Å². The molecule has 0 aliphatic carbocycles. The summed E-state index contributed by atoms with van der Waals surface area (Å²) < 4.78 is 0. The Bertz CT molecular complexity index is 500. The third-order valence-corrected chi connectivity index (χ3v) is 3.87. The Morgan fingerprint density at radius 3 is 1.33 bits per heavy atom. The molecule has 2 unspecified atom stereocenters. The highest BCUT2D eigenvalue weighted by atomic mass is 16.4. The van der Waals surface area contributed by atoms with Crippen LogP contribution < -0.4 is 0 Å². The molecule has 0 heterocycles. The van der Waals surface area contributed by atoms with Gasteiger partial charge in [-0.05, 0) is 79.1 Å². The van der Waals surface area contributed by atoms with E-state index < -0.39 is 11.9 Å². The molecule has 0 radical (unpaired) electrons. The van der Waals surface area contributed by atoms with Crippen molar-refractivity contribution < 1.29 is 24.9 Å². The van der Waals surface area contributed by atoms with Gasteiger partial charge < -0.3 is 15.3 Å². The van der Waals surface area contributed by atoms with Gasteiger partial charge in [-0.1, -0.05) is 48.8 Å². The Morgan fingerprint density at radius 1 is 0.700 bits per heavy atom. The third-order valence-electron chi connectivity index (χ3n) is 3.87. The molecule has 2 atom stereocenters. The second kappa shape index (κ2) is 21.8. The average Bonchev–Trinajstić information content (AvgIpc) is 2.59. The molecule has 0 saturated carbocycles.